The van der Waals surface area contributed by atoms with Crippen molar-refractivity contribution in [1.29, 1.82) is 0 Å². The third kappa shape index (κ3) is 4.29. The smallest absolute Gasteiger partial charge is 0.262 e. The number of hydrazine groups is 1. The Hall–Kier alpha value is -2.41. The van der Waals surface area contributed by atoms with Gasteiger partial charge in [-0.15, -0.1) is 11.3 Å². The zero-order chi connectivity index (χ0) is 16.1. The Labute approximate surface area is 132 Å². The van der Waals surface area contributed by atoms with Crippen LogP contribution in [0.5, 0.6) is 0 Å². The van der Waals surface area contributed by atoms with Crippen molar-refractivity contribution < 1.29 is 9.59 Å². The van der Waals surface area contributed by atoms with E-state index >= 15 is 0 Å². The third-order valence-corrected chi connectivity index (χ3v) is 3.99. The molecule has 2 aromatic rings. The topological polar surface area (TPSA) is 76.0 Å². The molecule has 0 atom stereocenters. The highest BCUT2D eigenvalue weighted by atomic mass is 32.1. The number of rotatable bonds is 4. The van der Waals surface area contributed by atoms with Crippen LogP contribution in [0.3, 0.4) is 0 Å². The first-order valence-electron chi connectivity index (χ1n) is 6.78. The quantitative estimate of drug-likeness (QED) is 0.666. The van der Waals surface area contributed by atoms with Crippen molar-refractivity contribution >= 4 is 29.2 Å². The van der Waals surface area contributed by atoms with Gasteiger partial charge in [0.05, 0.1) is 5.69 Å². The molecule has 0 aliphatic carbocycles. The third-order valence-electron chi connectivity index (χ3n) is 3.01. The Morgan fingerprint density at radius 1 is 1.32 bits per heavy atom. The Kier molecular flexibility index (Phi) is 5.11. The van der Waals surface area contributed by atoms with Gasteiger partial charge in [0.1, 0.15) is 6.54 Å². The lowest BCUT2D eigenvalue weighted by molar-refractivity contribution is -0.127. The van der Waals surface area contributed by atoms with E-state index in [0.29, 0.717) is 0 Å². The predicted octanol–water partition coefficient (Wildman–Crippen LogP) is 1.73. The first-order chi connectivity index (χ1) is 10.5. The Bertz CT molecular complexity index is 715. The summed E-state index contributed by atoms with van der Waals surface area (Å²) < 4.78 is 1.58. The van der Waals surface area contributed by atoms with E-state index in [0.717, 1.165) is 21.8 Å². The number of hydrogen-bond donors (Lipinski definition) is 2. The number of thiophene rings is 1. The second kappa shape index (κ2) is 7.04. The predicted molar refractivity (Wildman–Crippen MR) is 86.1 cm³/mol. The highest BCUT2D eigenvalue weighted by Gasteiger charge is 2.07. The molecule has 0 aromatic carbocycles. The molecule has 2 heterocycles. The second-order valence-corrected chi connectivity index (χ2v) is 5.87. The van der Waals surface area contributed by atoms with Gasteiger partial charge in [0, 0.05) is 16.6 Å². The first kappa shape index (κ1) is 16.0. The molecule has 0 radical (unpaired) electrons. The number of nitrogens with zero attached hydrogens (tertiary/aromatic N) is 2. The van der Waals surface area contributed by atoms with Crippen molar-refractivity contribution in [1.82, 2.24) is 20.6 Å². The summed E-state index contributed by atoms with van der Waals surface area (Å²) in [6.45, 7) is 5.77. The van der Waals surface area contributed by atoms with Crippen molar-refractivity contribution in [3.8, 4) is 0 Å². The lowest BCUT2D eigenvalue weighted by atomic mass is 10.3. The van der Waals surface area contributed by atoms with E-state index in [4.69, 9.17) is 0 Å². The van der Waals surface area contributed by atoms with Crippen LogP contribution in [0, 0.1) is 20.8 Å². The zero-order valence-electron chi connectivity index (χ0n) is 12.7. The average Bonchev–Trinajstić information content (AvgIpc) is 3.00. The number of carbonyl (C=O) groups excluding carboxylic acids is 2. The summed E-state index contributed by atoms with van der Waals surface area (Å²) in [5, 5.41) is 6.15. The summed E-state index contributed by atoms with van der Waals surface area (Å²) in [7, 11) is 0. The van der Waals surface area contributed by atoms with Crippen molar-refractivity contribution in [2.24, 2.45) is 0 Å². The van der Waals surface area contributed by atoms with Gasteiger partial charge in [0.25, 0.3) is 11.8 Å². The van der Waals surface area contributed by atoms with Gasteiger partial charge in [-0.05, 0) is 49.9 Å². The van der Waals surface area contributed by atoms with Crippen LogP contribution in [0.25, 0.3) is 6.08 Å². The van der Waals surface area contributed by atoms with Crippen LogP contribution in [0.4, 0.5) is 0 Å². The summed E-state index contributed by atoms with van der Waals surface area (Å²) in [5.41, 5.74) is 7.57. The van der Waals surface area contributed by atoms with Gasteiger partial charge in [0.15, 0.2) is 0 Å². The van der Waals surface area contributed by atoms with E-state index in [1.165, 1.54) is 6.08 Å². The van der Waals surface area contributed by atoms with E-state index < -0.39 is 0 Å². The van der Waals surface area contributed by atoms with E-state index in [2.05, 4.69) is 16.0 Å². The SMILES string of the molecule is Cc1cc(C)n(CC(=O)NNC(=O)/C=C/c2sccc2C)n1. The van der Waals surface area contributed by atoms with Crippen LogP contribution >= 0.6 is 11.3 Å². The number of aromatic nitrogens is 2. The summed E-state index contributed by atoms with van der Waals surface area (Å²) in [5.74, 6) is -0.713. The molecule has 0 aliphatic rings. The maximum Gasteiger partial charge on any atom is 0.262 e. The van der Waals surface area contributed by atoms with Crippen molar-refractivity contribution in [3.05, 3.63) is 45.4 Å². The maximum atomic E-state index is 11.8. The Balaban J connectivity index is 1.81. The Morgan fingerprint density at radius 3 is 2.68 bits per heavy atom. The van der Waals surface area contributed by atoms with Crippen LogP contribution < -0.4 is 10.9 Å². The molecule has 0 aliphatic heterocycles. The minimum atomic E-state index is -0.380. The van der Waals surface area contributed by atoms with E-state index in [1.54, 1.807) is 22.1 Å². The number of carbonyl (C=O) groups is 2. The van der Waals surface area contributed by atoms with Crippen molar-refractivity contribution in [3.63, 3.8) is 0 Å². The monoisotopic (exact) mass is 318 g/mol. The standard InChI is InChI=1S/C15H18N4O2S/c1-10-6-7-22-13(10)4-5-14(20)16-17-15(21)9-19-12(3)8-11(2)18-19/h4-8H,9H2,1-3H3,(H,16,20)(H,17,21)/b5-4+. The highest BCUT2D eigenvalue weighted by Crippen LogP contribution is 2.16. The molecule has 22 heavy (non-hydrogen) atoms. The molecule has 2 N–H and O–H groups in total. The van der Waals surface area contributed by atoms with Gasteiger partial charge < -0.3 is 0 Å². The summed E-state index contributed by atoms with van der Waals surface area (Å²) >= 11 is 1.56. The van der Waals surface area contributed by atoms with Gasteiger partial charge in [-0.2, -0.15) is 5.10 Å². The molecule has 2 aromatic heterocycles. The molecule has 0 saturated carbocycles. The van der Waals surface area contributed by atoms with Gasteiger partial charge in [-0.3, -0.25) is 25.1 Å². The van der Waals surface area contributed by atoms with Gasteiger partial charge >= 0.3 is 0 Å². The molecular weight excluding hydrogens is 300 g/mol. The zero-order valence-corrected chi connectivity index (χ0v) is 13.5. The largest absolute Gasteiger partial charge is 0.271 e. The van der Waals surface area contributed by atoms with Crippen LogP contribution in [0.2, 0.25) is 0 Å². The number of aryl methyl sites for hydroxylation is 3. The maximum absolute atomic E-state index is 11.8. The van der Waals surface area contributed by atoms with Crippen molar-refractivity contribution in [2.75, 3.05) is 0 Å². The molecule has 2 rings (SSSR count). The number of hydrogen-bond acceptors (Lipinski definition) is 4. The minimum Gasteiger partial charge on any atom is -0.271 e. The molecule has 6 nitrogen and oxygen atoms in total. The van der Waals surface area contributed by atoms with E-state index in [9.17, 15) is 9.59 Å². The second-order valence-electron chi connectivity index (χ2n) is 4.92. The highest BCUT2D eigenvalue weighted by molar-refractivity contribution is 7.11. The lowest BCUT2D eigenvalue weighted by Crippen LogP contribution is -2.42. The lowest BCUT2D eigenvalue weighted by Gasteiger charge is -2.06. The minimum absolute atomic E-state index is 0.0632. The molecule has 0 fully saturated rings. The number of amides is 2. The molecule has 0 bridgehead atoms. The van der Waals surface area contributed by atoms with E-state index in [1.807, 2.05) is 38.3 Å². The first-order valence-corrected chi connectivity index (χ1v) is 7.65. The van der Waals surface area contributed by atoms with Crippen LogP contribution in [-0.4, -0.2) is 21.6 Å². The summed E-state index contributed by atoms with van der Waals surface area (Å²) in [6, 6.07) is 3.87. The fourth-order valence-electron chi connectivity index (χ4n) is 1.89. The van der Waals surface area contributed by atoms with Crippen molar-refractivity contribution in [2.45, 2.75) is 27.3 Å². The van der Waals surface area contributed by atoms with E-state index in [-0.39, 0.29) is 18.4 Å². The summed E-state index contributed by atoms with van der Waals surface area (Å²) in [6.07, 6.45) is 3.12. The normalized spacial score (nSPS) is 10.9. The van der Waals surface area contributed by atoms with Gasteiger partial charge in [0.2, 0.25) is 0 Å². The molecule has 116 valence electrons. The molecular formula is C15H18N4O2S. The van der Waals surface area contributed by atoms with Crippen LogP contribution in [-0.2, 0) is 16.1 Å². The molecule has 2 amide bonds. The average molecular weight is 318 g/mol. The number of nitrogens with one attached hydrogen (secondary N) is 2. The molecule has 0 unspecified atom stereocenters. The van der Waals surface area contributed by atoms with Crippen LogP contribution in [0.1, 0.15) is 21.8 Å². The molecule has 0 saturated heterocycles. The summed E-state index contributed by atoms with van der Waals surface area (Å²) in [4.78, 5) is 24.4. The molecule has 7 heteroatoms. The molecule has 0 spiro atoms. The van der Waals surface area contributed by atoms with Gasteiger partial charge in [-0.25, -0.2) is 0 Å². The van der Waals surface area contributed by atoms with Gasteiger partial charge in [-0.1, -0.05) is 0 Å². The van der Waals surface area contributed by atoms with Crippen LogP contribution in [0.15, 0.2) is 23.6 Å². The fraction of sp³-hybridized carbons (Fsp3) is 0.267. The fourth-order valence-corrected chi connectivity index (χ4v) is 2.71. The Morgan fingerprint density at radius 2 is 2.09 bits per heavy atom.